The number of aliphatic hydroxyl groups is 1. The molecule has 3 aliphatic rings. The van der Waals surface area contributed by atoms with Crippen LogP contribution in [0.4, 0.5) is 0 Å². The monoisotopic (exact) mass is 210 g/mol. The lowest BCUT2D eigenvalue weighted by atomic mass is 9.70. The third kappa shape index (κ3) is 1.94. The van der Waals surface area contributed by atoms with Crippen molar-refractivity contribution in [2.24, 2.45) is 17.8 Å². The van der Waals surface area contributed by atoms with Crippen molar-refractivity contribution in [3.05, 3.63) is 0 Å². The molecule has 0 bridgehead atoms. The summed E-state index contributed by atoms with van der Waals surface area (Å²) in [6.45, 7) is 2.20. The van der Waals surface area contributed by atoms with Gasteiger partial charge >= 0.3 is 0 Å². The van der Waals surface area contributed by atoms with E-state index in [2.05, 4.69) is 6.92 Å². The van der Waals surface area contributed by atoms with E-state index < -0.39 is 0 Å². The summed E-state index contributed by atoms with van der Waals surface area (Å²) >= 11 is 0. The quantitative estimate of drug-likeness (QED) is 0.674. The zero-order chi connectivity index (χ0) is 10.4. The smallest absolute Gasteiger partial charge is 0.0844 e. The molecule has 2 aliphatic carbocycles. The molecule has 86 valence electrons. The number of hydrogen-bond donors (Lipinski definition) is 1. The molecule has 0 aromatic carbocycles. The van der Waals surface area contributed by atoms with Gasteiger partial charge in [-0.2, -0.15) is 0 Å². The number of ether oxygens (including phenoxy) is 1. The fourth-order valence-electron chi connectivity index (χ4n) is 3.71. The Labute approximate surface area is 92.0 Å². The summed E-state index contributed by atoms with van der Waals surface area (Å²) in [5.74, 6) is 2.28. The molecule has 2 heteroatoms. The van der Waals surface area contributed by atoms with E-state index in [0.717, 1.165) is 18.3 Å². The first-order valence-corrected chi connectivity index (χ1v) is 6.57. The summed E-state index contributed by atoms with van der Waals surface area (Å²) in [5.41, 5.74) is 0. The minimum absolute atomic E-state index is 0.0326. The molecule has 3 rings (SSSR count). The average Bonchev–Trinajstić information content (AvgIpc) is 3.00. The second-order valence-corrected chi connectivity index (χ2v) is 5.90. The van der Waals surface area contributed by atoms with Crippen molar-refractivity contribution >= 4 is 0 Å². The van der Waals surface area contributed by atoms with E-state index in [1.54, 1.807) is 0 Å². The van der Waals surface area contributed by atoms with Crippen LogP contribution in [-0.2, 0) is 4.74 Å². The van der Waals surface area contributed by atoms with Gasteiger partial charge in [0, 0.05) is 0 Å². The maximum atomic E-state index is 9.73. The molecule has 1 saturated heterocycles. The van der Waals surface area contributed by atoms with Crippen LogP contribution in [0.2, 0.25) is 0 Å². The van der Waals surface area contributed by atoms with Crippen molar-refractivity contribution in [1.29, 1.82) is 0 Å². The summed E-state index contributed by atoms with van der Waals surface area (Å²) in [7, 11) is 0. The molecule has 1 heterocycles. The second kappa shape index (κ2) is 3.74. The minimum atomic E-state index is -0.0326. The van der Waals surface area contributed by atoms with Crippen molar-refractivity contribution in [3.8, 4) is 0 Å². The first-order valence-electron chi connectivity index (χ1n) is 6.57. The Morgan fingerprint density at radius 3 is 2.40 bits per heavy atom. The SMILES string of the molecule is CC1CC(C2CCC3OC3C2)CCC1O. The molecule has 0 spiro atoms. The first kappa shape index (κ1) is 10.1. The molecular weight excluding hydrogens is 188 g/mol. The van der Waals surface area contributed by atoms with Crippen LogP contribution in [0.15, 0.2) is 0 Å². The van der Waals surface area contributed by atoms with Gasteiger partial charge in [0.15, 0.2) is 0 Å². The van der Waals surface area contributed by atoms with Gasteiger partial charge in [-0.05, 0) is 56.3 Å². The van der Waals surface area contributed by atoms with Gasteiger partial charge in [0.2, 0.25) is 0 Å². The third-order valence-electron chi connectivity index (χ3n) is 4.88. The molecule has 1 aliphatic heterocycles. The topological polar surface area (TPSA) is 32.8 Å². The molecule has 0 aromatic rings. The van der Waals surface area contributed by atoms with Crippen LogP contribution in [-0.4, -0.2) is 23.4 Å². The Morgan fingerprint density at radius 1 is 0.933 bits per heavy atom. The Kier molecular flexibility index (Phi) is 2.52. The van der Waals surface area contributed by atoms with Crippen molar-refractivity contribution in [1.82, 2.24) is 0 Å². The largest absolute Gasteiger partial charge is 0.393 e. The Bertz CT molecular complexity index is 241. The predicted octanol–water partition coefficient (Wildman–Crippen LogP) is 2.35. The van der Waals surface area contributed by atoms with Crippen LogP contribution in [0, 0.1) is 17.8 Å². The van der Waals surface area contributed by atoms with Gasteiger partial charge in [-0.1, -0.05) is 6.92 Å². The average molecular weight is 210 g/mol. The highest BCUT2D eigenvalue weighted by atomic mass is 16.6. The molecule has 0 radical (unpaired) electrons. The summed E-state index contributed by atoms with van der Waals surface area (Å²) in [6, 6.07) is 0. The Hall–Kier alpha value is -0.0800. The van der Waals surface area contributed by atoms with E-state index in [-0.39, 0.29) is 6.10 Å². The highest BCUT2D eigenvalue weighted by Gasteiger charge is 2.46. The fourth-order valence-corrected chi connectivity index (χ4v) is 3.71. The van der Waals surface area contributed by atoms with Gasteiger partial charge < -0.3 is 9.84 Å². The van der Waals surface area contributed by atoms with Crippen LogP contribution in [0.1, 0.15) is 45.4 Å². The fraction of sp³-hybridized carbons (Fsp3) is 1.00. The lowest BCUT2D eigenvalue weighted by Gasteiger charge is -2.36. The number of rotatable bonds is 1. The Morgan fingerprint density at radius 2 is 1.67 bits per heavy atom. The highest BCUT2D eigenvalue weighted by molar-refractivity contribution is 4.94. The number of epoxide rings is 1. The molecule has 2 saturated carbocycles. The van der Waals surface area contributed by atoms with Gasteiger partial charge in [0.25, 0.3) is 0 Å². The van der Waals surface area contributed by atoms with Crippen molar-refractivity contribution < 1.29 is 9.84 Å². The van der Waals surface area contributed by atoms with Crippen LogP contribution in [0.3, 0.4) is 0 Å². The molecule has 0 amide bonds. The third-order valence-corrected chi connectivity index (χ3v) is 4.88. The van der Waals surface area contributed by atoms with Crippen molar-refractivity contribution in [2.75, 3.05) is 0 Å². The van der Waals surface area contributed by atoms with Gasteiger partial charge in [-0.3, -0.25) is 0 Å². The minimum Gasteiger partial charge on any atom is -0.393 e. The molecule has 6 unspecified atom stereocenters. The molecule has 1 N–H and O–H groups in total. The summed E-state index contributed by atoms with van der Waals surface area (Å²) in [4.78, 5) is 0. The van der Waals surface area contributed by atoms with Gasteiger partial charge in [-0.15, -0.1) is 0 Å². The second-order valence-electron chi connectivity index (χ2n) is 5.90. The maximum Gasteiger partial charge on any atom is 0.0844 e. The van der Waals surface area contributed by atoms with E-state index in [9.17, 15) is 5.11 Å². The highest BCUT2D eigenvalue weighted by Crippen LogP contribution is 2.46. The lowest BCUT2D eigenvalue weighted by Crippen LogP contribution is -2.32. The summed E-state index contributed by atoms with van der Waals surface area (Å²) in [5, 5.41) is 9.73. The zero-order valence-corrected chi connectivity index (χ0v) is 9.56. The normalized spacial score (nSPS) is 54.8. The van der Waals surface area contributed by atoms with E-state index >= 15 is 0 Å². The van der Waals surface area contributed by atoms with Crippen LogP contribution >= 0.6 is 0 Å². The molecular formula is C13H22O2. The van der Waals surface area contributed by atoms with Gasteiger partial charge in [0.1, 0.15) is 0 Å². The van der Waals surface area contributed by atoms with Crippen LogP contribution in [0.5, 0.6) is 0 Å². The van der Waals surface area contributed by atoms with Crippen molar-refractivity contribution in [3.63, 3.8) is 0 Å². The molecule has 15 heavy (non-hydrogen) atoms. The van der Waals surface area contributed by atoms with Crippen LogP contribution in [0.25, 0.3) is 0 Å². The number of aliphatic hydroxyl groups excluding tert-OH is 1. The molecule has 2 nitrogen and oxygen atoms in total. The Balaban J connectivity index is 1.57. The van der Waals surface area contributed by atoms with Crippen LogP contribution < -0.4 is 0 Å². The van der Waals surface area contributed by atoms with E-state index in [0.29, 0.717) is 18.1 Å². The van der Waals surface area contributed by atoms with E-state index in [1.165, 1.54) is 32.1 Å². The van der Waals surface area contributed by atoms with Gasteiger partial charge in [-0.25, -0.2) is 0 Å². The van der Waals surface area contributed by atoms with E-state index in [1.807, 2.05) is 0 Å². The summed E-state index contributed by atoms with van der Waals surface area (Å²) < 4.78 is 5.60. The van der Waals surface area contributed by atoms with E-state index in [4.69, 9.17) is 4.74 Å². The summed E-state index contributed by atoms with van der Waals surface area (Å²) in [6.07, 6.45) is 8.69. The number of hydrogen-bond acceptors (Lipinski definition) is 2. The number of fused-ring (bicyclic) bond motifs is 1. The molecule has 6 atom stereocenters. The van der Waals surface area contributed by atoms with Gasteiger partial charge in [0.05, 0.1) is 18.3 Å². The van der Waals surface area contributed by atoms with Crippen molar-refractivity contribution in [2.45, 2.75) is 63.8 Å². The predicted molar refractivity (Wildman–Crippen MR) is 58.5 cm³/mol. The standard InChI is InChI=1S/C13H22O2/c1-8-6-9(2-4-11(8)14)10-3-5-12-13(7-10)15-12/h8-14H,2-7H2,1H3. The molecule has 3 fully saturated rings. The lowest BCUT2D eigenvalue weighted by molar-refractivity contribution is 0.0373. The first-order chi connectivity index (χ1) is 7.24. The molecule has 0 aromatic heterocycles. The zero-order valence-electron chi connectivity index (χ0n) is 9.56. The maximum absolute atomic E-state index is 9.73.